The molecule has 0 saturated carbocycles. The van der Waals surface area contributed by atoms with Gasteiger partial charge in [-0.05, 0) is 42.8 Å². The highest BCUT2D eigenvalue weighted by Gasteiger charge is 2.45. The molecule has 1 atom stereocenters. The lowest BCUT2D eigenvalue weighted by atomic mass is 10.0. The van der Waals surface area contributed by atoms with Crippen LogP contribution in [0.25, 0.3) is 33.7 Å². The van der Waals surface area contributed by atoms with Crippen molar-refractivity contribution in [3.8, 4) is 34.3 Å². The number of carboxylic acids is 1. The van der Waals surface area contributed by atoms with Crippen LogP contribution in [-0.2, 0) is 11.3 Å². The summed E-state index contributed by atoms with van der Waals surface area (Å²) in [5, 5.41) is 14.1. The van der Waals surface area contributed by atoms with Crippen LogP contribution in [0.15, 0.2) is 47.0 Å². The van der Waals surface area contributed by atoms with Gasteiger partial charge in [-0.2, -0.15) is 4.98 Å². The third-order valence-corrected chi connectivity index (χ3v) is 5.82. The Morgan fingerprint density at radius 1 is 1.22 bits per heavy atom. The molecule has 2 aromatic carbocycles. The van der Waals surface area contributed by atoms with Crippen molar-refractivity contribution in [2.45, 2.75) is 31.6 Å². The van der Waals surface area contributed by atoms with E-state index in [1.165, 1.54) is 18.2 Å². The molecule has 1 N–H and O–H groups in total. The van der Waals surface area contributed by atoms with Gasteiger partial charge in [-0.15, -0.1) is 8.78 Å². The highest BCUT2D eigenvalue weighted by Crippen LogP contribution is 2.47. The van der Waals surface area contributed by atoms with Crippen molar-refractivity contribution in [1.82, 2.24) is 14.7 Å². The second-order valence-electron chi connectivity index (χ2n) is 7.80. The number of halogens is 2. The van der Waals surface area contributed by atoms with Crippen LogP contribution in [0.4, 0.5) is 8.78 Å². The summed E-state index contributed by atoms with van der Waals surface area (Å²) in [7, 11) is 0. The monoisotopic (exact) mass is 439 g/mol. The number of fused-ring (bicyclic) bond motifs is 4. The van der Waals surface area contributed by atoms with E-state index < -0.39 is 12.3 Å². The summed E-state index contributed by atoms with van der Waals surface area (Å²) in [6, 6.07) is 12.1. The first-order valence-corrected chi connectivity index (χ1v) is 9.96. The number of carboxylic acid groups (broad SMARTS) is 1. The summed E-state index contributed by atoms with van der Waals surface area (Å²) in [5.41, 5.74) is 2.90. The van der Waals surface area contributed by atoms with Crippen molar-refractivity contribution in [3.05, 3.63) is 48.2 Å². The van der Waals surface area contributed by atoms with Crippen LogP contribution in [0.1, 0.15) is 24.5 Å². The van der Waals surface area contributed by atoms with Crippen molar-refractivity contribution in [2.24, 2.45) is 0 Å². The van der Waals surface area contributed by atoms with Gasteiger partial charge in [-0.25, -0.2) is 0 Å². The van der Waals surface area contributed by atoms with Gasteiger partial charge in [-0.3, -0.25) is 4.79 Å². The molecule has 0 unspecified atom stereocenters. The summed E-state index contributed by atoms with van der Waals surface area (Å²) in [6.45, 7) is 0.772. The molecule has 0 radical (unpaired) electrons. The van der Waals surface area contributed by atoms with Crippen LogP contribution in [0.5, 0.6) is 11.5 Å². The Labute approximate surface area is 179 Å². The molecule has 162 valence electrons. The molecule has 2 aliphatic heterocycles. The van der Waals surface area contributed by atoms with Crippen LogP contribution < -0.4 is 9.47 Å². The van der Waals surface area contributed by atoms with E-state index in [2.05, 4.69) is 24.2 Å². The number of rotatable bonds is 4. The molecule has 0 amide bonds. The normalized spacial score (nSPS) is 18.2. The van der Waals surface area contributed by atoms with Crippen LogP contribution >= 0.6 is 0 Å². The van der Waals surface area contributed by atoms with E-state index in [4.69, 9.17) is 9.63 Å². The third-order valence-electron chi connectivity index (χ3n) is 5.82. The Hall–Kier alpha value is -3.95. The Bertz CT molecular complexity index is 1390. The molecular formula is C22H15F2N3O5. The van der Waals surface area contributed by atoms with Crippen LogP contribution in [0.3, 0.4) is 0 Å². The van der Waals surface area contributed by atoms with Crippen molar-refractivity contribution in [3.63, 3.8) is 0 Å². The molecule has 2 aliphatic rings. The fourth-order valence-electron chi connectivity index (χ4n) is 4.46. The van der Waals surface area contributed by atoms with Gasteiger partial charge in [0.25, 0.3) is 5.89 Å². The summed E-state index contributed by atoms with van der Waals surface area (Å²) in [6.07, 6.45) is -2.84. The molecule has 10 heteroatoms. The Balaban J connectivity index is 1.35. The molecule has 8 nitrogen and oxygen atoms in total. The largest absolute Gasteiger partial charge is 0.586 e. The number of alkyl halides is 2. The molecule has 0 aliphatic carbocycles. The zero-order valence-corrected chi connectivity index (χ0v) is 16.4. The quantitative estimate of drug-likeness (QED) is 0.494. The van der Waals surface area contributed by atoms with Crippen LogP contribution in [0.2, 0.25) is 0 Å². The fourth-order valence-corrected chi connectivity index (χ4v) is 4.46. The van der Waals surface area contributed by atoms with Gasteiger partial charge in [0.15, 0.2) is 11.5 Å². The van der Waals surface area contributed by atoms with Crippen molar-refractivity contribution < 1.29 is 32.7 Å². The average molecular weight is 439 g/mol. The number of aromatic nitrogens is 3. The summed E-state index contributed by atoms with van der Waals surface area (Å²) in [5.74, 6) is -0.768. The molecule has 0 fully saturated rings. The molecule has 2 aromatic heterocycles. The number of carbonyl (C=O) groups is 1. The zero-order valence-electron chi connectivity index (χ0n) is 16.4. The summed E-state index contributed by atoms with van der Waals surface area (Å²) >= 11 is 0. The molecule has 0 saturated heterocycles. The number of nitrogens with zero attached hydrogens (tertiary/aromatic N) is 3. The summed E-state index contributed by atoms with van der Waals surface area (Å²) < 4.78 is 43.5. The second-order valence-corrected chi connectivity index (χ2v) is 7.80. The van der Waals surface area contributed by atoms with E-state index in [0.29, 0.717) is 11.4 Å². The minimum absolute atomic E-state index is 0.0133. The number of aryl methyl sites for hydroxylation is 1. The van der Waals surface area contributed by atoms with E-state index in [9.17, 15) is 13.6 Å². The van der Waals surface area contributed by atoms with Gasteiger partial charge in [0.05, 0.1) is 12.0 Å². The van der Waals surface area contributed by atoms with E-state index in [-0.39, 0.29) is 35.3 Å². The van der Waals surface area contributed by atoms with E-state index in [1.54, 1.807) is 0 Å². The number of ether oxygens (including phenoxy) is 2. The van der Waals surface area contributed by atoms with Crippen LogP contribution in [0, 0.1) is 0 Å². The number of hydrogen-bond acceptors (Lipinski definition) is 6. The third kappa shape index (κ3) is 2.90. The standard InChI is InChI=1S/C22H15F2N3O5/c23-22(24)30-17-3-1-2-14(19(17)31-22)21-25-20(26-32-21)12-4-5-15-13(8-12)9-16-11(10-18(28)29)6-7-27(15)16/h1-5,8-9,11H,6-7,10H2,(H,28,29)/t11-/m0/s1. The number of hydrogen-bond donors (Lipinski definition) is 1. The molecule has 32 heavy (non-hydrogen) atoms. The minimum Gasteiger partial charge on any atom is -0.481 e. The van der Waals surface area contributed by atoms with E-state index in [0.717, 1.165) is 29.6 Å². The Kier molecular flexibility index (Phi) is 3.83. The van der Waals surface area contributed by atoms with Gasteiger partial charge in [0.2, 0.25) is 5.82 Å². The summed E-state index contributed by atoms with van der Waals surface area (Å²) in [4.78, 5) is 15.5. The first-order chi connectivity index (χ1) is 15.4. The highest BCUT2D eigenvalue weighted by molar-refractivity contribution is 5.86. The molecule has 6 rings (SSSR count). The van der Waals surface area contributed by atoms with Crippen molar-refractivity contribution in [2.75, 3.05) is 0 Å². The van der Waals surface area contributed by atoms with Gasteiger partial charge in [-0.1, -0.05) is 11.2 Å². The lowest BCUT2D eigenvalue weighted by Gasteiger charge is -2.05. The Morgan fingerprint density at radius 2 is 2.09 bits per heavy atom. The number of para-hydroxylation sites is 1. The number of aliphatic carboxylic acids is 1. The highest BCUT2D eigenvalue weighted by atomic mass is 19.3. The smallest absolute Gasteiger partial charge is 0.481 e. The molecule has 0 spiro atoms. The molecule has 4 aromatic rings. The minimum atomic E-state index is -3.75. The SMILES string of the molecule is O=C(O)C[C@@H]1CCn2c1cc1cc(-c3noc(-c4cccc5c4OC(F)(F)O5)n3)ccc12. The van der Waals surface area contributed by atoms with Gasteiger partial charge < -0.3 is 23.7 Å². The molecule has 4 heterocycles. The van der Waals surface area contributed by atoms with Gasteiger partial charge in [0.1, 0.15) is 0 Å². The average Bonchev–Trinajstić information content (AvgIpc) is 3.49. The van der Waals surface area contributed by atoms with Gasteiger partial charge in [0, 0.05) is 34.6 Å². The molecule has 0 bridgehead atoms. The maximum absolute atomic E-state index is 13.5. The maximum atomic E-state index is 13.5. The predicted octanol–water partition coefficient (Wildman–Crippen LogP) is 4.64. The second kappa shape index (κ2) is 6.52. The lowest BCUT2D eigenvalue weighted by Crippen LogP contribution is -2.26. The topological polar surface area (TPSA) is 99.6 Å². The number of benzene rings is 2. The Morgan fingerprint density at radius 3 is 2.94 bits per heavy atom. The first-order valence-electron chi connectivity index (χ1n) is 9.96. The van der Waals surface area contributed by atoms with E-state index >= 15 is 0 Å². The molecular weight excluding hydrogens is 424 g/mol. The predicted molar refractivity (Wildman–Crippen MR) is 106 cm³/mol. The maximum Gasteiger partial charge on any atom is 0.586 e. The van der Waals surface area contributed by atoms with Crippen molar-refractivity contribution in [1.29, 1.82) is 0 Å². The zero-order chi connectivity index (χ0) is 22.0. The fraction of sp³-hybridized carbons (Fsp3) is 0.227. The van der Waals surface area contributed by atoms with Gasteiger partial charge >= 0.3 is 12.3 Å². The van der Waals surface area contributed by atoms with Crippen molar-refractivity contribution >= 4 is 16.9 Å². The lowest BCUT2D eigenvalue weighted by molar-refractivity contribution is -0.286. The van der Waals surface area contributed by atoms with Crippen LogP contribution in [-0.4, -0.2) is 32.1 Å². The first kappa shape index (κ1) is 18.8. The van der Waals surface area contributed by atoms with E-state index in [1.807, 2.05) is 24.3 Å².